The van der Waals surface area contributed by atoms with Crippen molar-refractivity contribution in [2.45, 2.75) is 167 Å². The van der Waals surface area contributed by atoms with Crippen molar-refractivity contribution in [2.24, 2.45) is 5.41 Å². The molecule has 0 aliphatic heterocycles. The van der Waals surface area contributed by atoms with Crippen molar-refractivity contribution in [3.63, 3.8) is 0 Å². The second-order valence-electron chi connectivity index (χ2n) is 12.6. The molecule has 2 aliphatic rings. The Bertz CT molecular complexity index is 675. The lowest BCUT2D eigenvalue weighted by atomic mass is 9.52. The normalized spacial score (nSPS) is 20.6. The lowest BCUT2D eigenvalue weighted by Crippen LogP contribution is -2.60. The first-order valence-electron chi connectivity index (χ1n) is 17.3. The fraction of sp³-hybridized carbons (Fsp3) is 0.912. The number of carbonyl (C=O) groups is 3. The topological polar surface area (TPSA) is 114 Å². The zero-order valence-corrected chi connectivity index (χ0v) is 27.1. The quantitative estimate of drug-likeness (QED) is 0.0676. The van der Waals surface area contributed by atoms with Gasteiger partial charge < -0.3 is 25.2 Å². The molecule has 0 saturated heterocycles. The van der Waals surface area contributed by atoms with Crippen molar-refractivity contribution < 1.29 is 29.0 Å². The first kappa shape index (κ1) is 38.4. The number of carbonyl (C=O) groups excluding carboxylic acids is 2. The van der Waals surface area contributed by atoms with E-state index in [1.54, 1.807) is 0 Å². The summed E-state index contributed by atoms with van der Waals surface area (Å²) in [5, 5.41) is 14.3. The average molecular weight is 597 g/mol. The molecule has 2 rings (SSSR count). The van der Waals surface area contributed by atoms with Crippen LogP contribution in [-0.2, 0) is 23.9 Å². The molecule has 2 aliphatic carbocycles. The van der Waals surface area contributed by atoms with E-state index in [0.717, 1.165) is 51.5 Å². The van der Waals surface area contributed by atoms with Gasteiger partial charge in [-0.25, -0.2) is 0 Å². The average Bonchev–Trinajstić information content (AvgIpc) is 2.92. The molecule has 0 atom stereocenters. The van der Waals surface area contributed by atoms with Gasteiger partial charge in [0.05, 0.1) is 26.2 Å². The van der Waals surface area contributed by atoms with Gasteiger partial charge in [0, 0.05) is 25.1 Å². The molecule has 0 radical (unpaired) electrons. The Kier molecular flexibility index (Phi) is 23.6. The number of nitrogens with one attached hydrogen (secondary N) is 2. The molecule has 0 heterocycles. The highest BCUT2D eigenvalue weighted by Gasteiger charge is 2.53. The van der Waals surface area contributed by atoms with E-state index in [9.17, 15) is 14.4 Å². The van der Waals surface area contributed by atoms with Gasteiger partial charge in [-0.1, -0.05) is 104 Å². The van der Waals surface area contributed by atoms with Gasteiger partial charge >= 0.3 is 5.97 Å². The van der Waals surface area contributed by atoms with E-state index in [1.807, 2.05) is 6.92 Å². The number of unbranched alkanes of at least 4 members (excludes halogenated alkanes) is 14. The molecule has 0 aromatic rings. The molecule has 8 nitrogen and oxygen atoms in total. The van der Waals surface area contributed by atoms with Crippen LogP contribution < -0.4 is 10.6 Å². The fourth-order valence-corrected chi connectivity index (χ4v) is 6.20. The van der Waals surface area contributed by atoms with Crippen molar-refractivity contribution in [1.29, 1.82) is 0 Å². The number of hydrogen-bond donors (Lipinski definition) is 3. The zero-order chi connectivity index (χ0) is 30.7. The van der Waals surface area contributed by atoms with Gasteiger partial charge in [0.15, 0.2) is 0 Å². The summed E-state index contributed by atoms with van der Waals surface area (Å²) in [6, 6.07) is 0.755. The van der Waals surface area contributed by atoms with Crippen molar-refractivity contribution >= 4 is 18.3 Å². The van der Waals surface area contributed by atoms with Crippen LogP contribution in [0.15, 0.2) is 0 Å². The van der Waals surface area contributed by atoms with Crippen LogP contribution >= 0.6 is 0 Å². The molecule has 3 N–H and O–H groups in total. The smallest absolute Gasteiger partial charge is 0.305 e. The summed E-state index contributed by atoms with van der Waals surface area (Å²) in [6.45, 7) is 6.35. The number of ether oxygens (including phenoxy) is 2. The molecule has 42 heavy (non-hydrogen) atoms. The molecule has 8 heteroatoms. The molecule has 2 amide bonds. The van der Waals surface area contributed by atoms with Crippen molar-refractivity contribution in [1.82, 2.24) is 10.6 Å². The largest absolute Gasteiger partial charge is 0.481 e. The Morgan fingerprint density at radius 2 is 1.14 bits per heavy atom. The summed E-state index contributed by atoms with van der Waals surface area (Å²) in [4.78, 5) is 32.6. The Labute approximate surface area is 256 Å². The molecule has 2 saturated carbocycles. The molecule has 0 bridgehead atoms. The highest BCUT2D eigenvalue weighted by atomic mass is 16.5. The molecular formula is C34H64N2O6. The molecule has 246 valence electrons. The van der Waals surface area contributed by atoms with Crippen LogP contribution in [0.2, 0.25) is 0 Å². The second kappa shape index (κ2) is 25.8. The van der Waals surface area contributed by atoms with Crippen LogP contribution in [-0.4, -0.2) is 61.9 Å². The van der Waals surface area contributed by atoms with Crippen LogP contribution in [0.4, 0.5) is 0 Å². The van der Waals surface area contributed by atoms with Gasteiger partial charge in [0.25, 0.3) is 0 Å². The van der Waals surface area contributed by atoms with Crippen LogP contribution in [0.1, 0.15) is 155 Å². The van der Waals surface area contributed by atoms with Crippen LogP contribution in [0.25, 0.3) is 0 Å². The Morgan fingerprint density at radius 1 is 0.667 bits per heavy atom. The molecular weight excluding hydrogens is 532 g/mol. The van der Waals surface area contributed by atoms with E-state index in [4.69, 9.17) is 14.6 Å². The summed E-state index contributed by atoms with van der Waals surface area (Å²) in [6.07, 6.45) is 27.3. The predicted octanol–water partition coefficient (Wildman–Crippen LogP) is 7.33. The summed E-state index contributed by atoms with van der Waals surface area (Å²) >= 11 is 0. The monoisotopic (exact) mass is 596 g/mol. The molecule has 0 unspecified atom stereocenters. The van der Waals surface area contributed by atoms with Crippen LogP contribution in [0.3, 0.4) is 0 Å². The number of aliphatic carboxylic acids is 1. The van der Waals surface area contributed by atoms with Crippen molar-refractivity contribution in [3.05, 3.63) is 0 Å². The minimum atomic E-state index is -0.829. The van der Waals surface area contributed by atoms with Gasteiger partial charge in [0.2, 0.25) is 12.3 Å². The van der Waals surface area contributed by atoms with E-state index in [-0.39, 0.29) is 18.9 Å². The highest BCUT2D eigenvalue weighted by Crippen LogP contribution is 2.55. The van der Waals surface area contributed by atoms with E-state index in [2.05, 4.69) is 17.6 Å². The maximum atomic E-state index is 12.1. The maximum absolute atomic E-state index is 12.1. The zero-order valence-electron chi connectivity index (χ0n) is 27.1. The fourth-order valence-electron chi connectivity index (χ4n) is 6.20. The molecule has 0 aromatic heterocycles. The van der Waals surface area contributed by atoms with Crippen LogP contribution in [0.5, 0.6) is 0 Å². The van der Waals surface area contributed by atoms with Gasteiger partial charge in [-0.2, -0.15) is 0 Å². The minimum Gasteiger partial charge on any atom is -0.481 e. The Balaban J connectivity index is 0.000000619. The first-order chi connectivity index (χ1) is 20.4. The summed E-state index contributed by atoms with van der Waals surface area (Å²) in [5.74, 6) is -0.587. The molecule has 0 aromatic carbocycles. The Morgan fingerprint density at radius 3 is 1.62 bits per heavy atom. The van der Waals surface area contributed by atoms with Gasteiger partial charge in [-0.3, -0.25) is 14.4 Å². The lowest BCUT2D eigenvalue weighted by Gasteiger charge is -2.57. The number of amides is 2. The predicted molar refractivity (Wildman–Crippen MR) is 170 cm³/mol. The van der Waals surface area contributed by atoms with Crippen molar-refractivity contribution in [2.75, 3.05) is 26.4 Å². The highest BCUT2D eigenvalue weighted by molar-refractivity contribution is 5.76. The van der Waals surface area contributed by atoms with E-state index >= 15 is 0 Å². The van der Waals surface area contributed by atoms with Crippen molar-refractivity contribution in [3.8, 4) is 0 Å². The van der Waals surface area contributed by atoms with E-state index < -0.39 is 5.97 Å². The maximum Gasteiger partial charge on any atom is 0.305 e. The first-order valence-corrected chi connectivity index (χ1v) is 17.3. The molecule has 1 spiro atoms. The third kappa shape index (κ3) is 20.3. The van der Waals surface area contributed by atoms with Gasteiger partial charge in [-0.05, 0) is 43.9 Å². The number of rotatable bonds is 27. The second-order valence-corrected chi connectivity index (χ2v) is 12.6. The SMILES string of the molecule is CCCCCCCCCCCCCCCCCC(=O)NC1CC2(CC(NC=O)C2)C1.CCCOCCOCCC(=O)O. The lowest BCUT2D eigenvalue weighted by molar-refractivity contribution is -0.138. The van der Waals surface area contributed by atoms with Gasteiger partial charge in [-0.15, -0.1) is 0 Å². The minimum absolute atomic E-state index is 0.0633. The summed E-state index contributed by atoms with van der Waals surface area (Å²) in [7, 11) is 0. The third-order valence-corrected chi connectivity index (χ3v) is 8.57. The van der Waals surface area contributed by atoms with E-state index in [0.29, 0.717) is 37.1 Å². The molecule has 2 fully saturated rings. The standard InChI is InChI=1S/C26H48N2O2.C8H16O4/c1-2-3-4-5-6-7-8-9-10-11-12-13-14-15-16-17-25(30)28-24-20-26(21-24)18-23(19-26)27-22-29;1-2-4-11-6-7-12-5-3-8(9)10/h22-24H,2-21H2,1H3,(H,27,29)(H,28,30);2-7H2,1H3,(H,9,10). The van der Waals surface area contributed by atoms with Gasteiger partial charge in [0.1, 0.15) is 0 Å². The number of carboxylic acids is 1. The number of carboxylic acid groups (broad SMARTS) is 1. The summed E-state index contributed by atoms with van der Waals surface area (Å²) < 4.78 is 10.1. The number of hydrogen-bond acceptors (Lipinski definition) is 5. The third-order valence-electron chi connectivity index (χ3n) is 8.57. The Hall–Kier alpha value is -1.67. The van der Waals surface area contributed by atoms with E-state index in [1.165, 1.54) is 89.9 Å². The summed E-state index contributed by atoms with van der Waals surface area (Å²) in [5.41, 5.74) is 0.424. The van der Waals surface area contributed by atoms with Crippen LogP contribution in [0, 0.1) is 5.41 Å².